The number of anilines is 1. The highest BCUT2D eigenvalue weighted by molar-refractivity contribution is 7.99. The first-order chi connectivity index (χ1) is 13.4. The van der Waals surface area contributed by atoms with Crippen molar-refractivity contribution in [3.05, 3.63) is 59.2 Å². The third kappa shape index (κ3) is 5.08. The van der Waals surface area contributed by atoms with Crippen molar-refractivity contribution in [3.8, 4) is 0 Å². The zero-order chi connectivity index (χ0) is 20.1. The van der Waals surface area contributed by atoms with Crippen LogP contribution in [-0.2, 0) is 10.0 Å². The van der Waals surface area contributed by atoms with Gasteiger partial charge in [0, 0.05) is 29.3 Å². The predicted octanol–water partition coefficient (Wildman–Crippen LogP) is 3.76. The van der Waals surface area contributed by atoms with Crippen LogP contribution >= 0.6 is 11.8 Å². The lowest BCUT2D eigenvalue weighted by Crippen LogP contribution is -2.38. The molecule has 3 rings (SSSR count). The Morgan fingerprint density at radius 1 is 1.11 bits per heavy atom. The molecule has 5 nitrogen and oxygen atoms in total. The van der Waals surface area contributed by atoms with Crippen molar-refractivity contribution < 1.29 is 13.2 Å². The molecule has 0 radical (unpaired) electrons. The molecule has 2 aromatic carbocycles. The van der Waals surface area contributed by atoms with Crippen LogP contribution in [0.5, 0.6) is 0 Å². The van der Waals surface area contributed by atoms with Crippen LogP contribution in [0.4, 0.5) is 5.69 Å². The van der Waals surface area contributed by atoms with Crippen LogP contribution in [-0.4, -0.2) is 38.9 Å². The smallest absolute Gasteiger partial charge is 0.251 e. The Hall–Kier alpha value is -1.99. The summed E-state index contributed by atoms with van der Waals surface area (Å²) in [5.74, 6) is 0.757. The van der Waals surface area contributed by atoms with E-state index in [0.717, 1.165) is 17.7 Å². The van der Waals surface area contributed by atoms with E-state index in [1.807, 2.05) is 13.0 Å². The summed E-state index contributed by atoms with van der Waals surface area (Å²) in [6.45, 7) is 4.95. The number of rotatable bonds is 6. The van der Waals surface area contributed by atoms with E-state index >= 15 is 0 Å². The summed E-state index contributed by atoms with van der Waals surface area (Å²) in [6, 6.07) is 13.6. The van der Waals surface area contributed by atoms with E-state index in [4.69, 9.17) is 0 Å². The number of aryl methyl sites for hydroxylation is 2. The molecule has 28 heavy (non-hydrogen) atoms. The zero-order valence-corrected chi connectivity index (χ0v) is 17.9. The number of benzene rings is 2. The highest BCUT2D eigenvalue weighted by Crippen LogP contribution is 2.28. The largest absolute Gasteiger partial charge is 0.351 e. The molecule has 150 valence electrons. The quantitative estimate of drug-likeness (QED) is 0.573. The molecule has 0 atom stereocenters. The highest BCUT2D eigenvalue weighted by atomic mass is 32.2. The van der Waals surface area contributed by atoms with Gasteiger partial charge in [-0.2, -0.15) is 0 Å². The summed E-state index contributed by atoms with van der Waals surface area (Å²) < 4.78 is 26.3. The van der Waals surface area contributed by atoms with Gasteiger partial charge in [0.15, 0.2) is 0 Å². The number of amides is 1. The fourth-order valence-corrected chi connectivity index (χ4v) is 5.61. The van der Waals surface area contributed by atoms with E-state index in [1.54, 1.807) is 23.9 Å². The van der Waals surface area contributed by atoms with Crippen molar-refractivity contribution in [3.63, 3.8) is 0 Å². The van der Waals surface area contributed by atoms with Crippen LogP contribution in [0.3, 0.4) is 0 Å². The van der Waals surface area contributed by atoms with E-state index in [2.05, 4.69) is 36.5 Å². The maximum Gasteiger partial charge on any atom is 0.251 e. The van der Waals surface area contributed by atoms with Crippen molar-refractivity contribution in [2.24, 2.45) is 0 Å². The van der Waals surface area contributed by atoms with Gasteiger partial charge in [-0.3, -0.25) is 9.10 Å². The first kappa shape index (κ1) is 20.7. The average Bonchev–Trinajstić information content (AvgIpc) is 2.67. The second kappa shape index (κ2) is 9.01. The molecule has 1 aliphatic rings. The second-order valence-electron chi connectivity index (χ2n) is 7.01. The van der Waals surface area contributed by atoms with Crippen molar-refractivity contribution in [2.45, 2.75) is 31.6 Å². The number of thioether (sulfide) groups is 1. The van der Waals surface area contributed by atoms with E-state index < -0.39 is 10.0 Å². The lowest BCUT2D eigenvalue weighted by atomic mass is 10.1. The molecule has 1 N–H and O–H groups in total. The minimum absolute atomic E-state index is 0.166. The second-order valence-corrected chi connectivity index (χ2v) is 10.2. The molecule has 0 unspecified atom stereocenters. The predicted molar refractivity (Wildman–Crippen MR) is 116 cm³/mol. The van der Waals surface area contributed by atoms with Gasteiger partial charge in [-0.25, -0.2) is 8.42 Å². The molecule has 0 saturated carbocycles. The lowest BCUT2D eigenvalue weighted by Gasteiger charge is -2.29. The SMILES string of the molecule is Cc1ccc(SCCNC(=O)c2ccc(C)c(N3CCCCS3(=O)=O)c2)cc1. The Kier molecular flexibility index (Phi) is 6.67. The summed E-state index contributed by atoms with van der Waals surface area (Å²) >= 11 is 1.69. The molecular formula is C21H26N2O3S2. The summed E-state index contributed by atoms with van der Waals surface area (Å²) in [5.41, 5.74) is 3.18. The number of hydrogen-bond donors (Lipinski definition) is 1. The molecule has 2 aromatic rings. The fraction of sp³-hybridized carbons (Fsp3) is 0.381. The highest BCUT2D eigenvalue weighted by Gasteiger charge is 2.27. The third-order valence-corrected chi connectivity index (χ3v) is 7.64. The lowest BCUT2D eigenvalue weighted by molar-refractivity contribution is 0.0956. The Labute approximate surface area is 171 Å². The number of nitrogens with zero attached hydrogens (tertiary/aromatic N) is 1. The van der Waals surface area contributed by atoms with Gasteiger partial charge < -0.3 is 5.32 Å². The molecular weight excluding hydrogens is 392 g/mol. The molecule has 1 heterocycles. The normalized spacial score (nSPS) is 16.0. The van der Waals surface area contributed by atoms with Crippen LogP contribution < -0.4 is 9.62 Å². The Bertz CT molecular complexity index is 941. The van der Waals surface area contributed by atoms with Gasteiger partial charge in [-0.05, 0) is 56.5 Å². The number of sulfonamides is 1. The molecule has 0 aromatic heterocycles. The molecule has 1 saturated heterocycles. The van der Waals surface area contributed by atoms with Crippen LogP contribution in [0, 0.1) is 13.8 Å². The fourth-order valence-electron chi connectivity index (χ4n) is 3.15. The average molecular weight is 419 g/mol. The first-order valence-electron chi connectivity index (χ1n) is 9.45. The van der Waals surface area contributed by atoms with E-state index in [-0.39, 0.29) is 11.7 Å². The first-order valence-corrected chi connectivity index (χ1v) is 12.0. The van der Waals surface area contributed by atoms with Crippen LogP contribution in [0.15, 0.2) is 47.4 Å². The van der Waals surface area contributed by atoms with E-state index in [0.29, 0.717) is 30.8 Å². The van der Waals surface area contributed by atoms with Gasteiger partial charge in [0.1, 0.15) is 0 Å². The zero-order valence-electron chi connectivity index (χ0n) is 16.3. The monoisotopic (exact) mass is 418 g/mol. The van der Waals surface area contributed by atoms with Crippen LogP contribution in [0.2, 0.25) is 0 Å². The van der Waals surface area contributed by atoms with Crippen molar-refractivity contribution in [1.29, 1.82) is 0 Å². The maximum absolute atomic E-state index is 12.5. The standard InChI is InChI=1S/C21H26N2O3S2/c1-16-5-9-19(10-6-16)27-13-11-22-21(24)18-8-7-17(2)20(15-18)23-12-3-4-14-28(23,25)26/h5-10,15H,3-4,11-14H2,1-2H3,(H,22,24). The molecule has 0 spiro atoms. The summed E-state index contributed by atoms with van der Waals surface area (Å²) in [6.07, 6.45) is 1.53. The Morgan fingerprint density at radius 2 is 1.86 bits per heavy atom. The molecule has 1 amide bonds. The Balaban J connectivity index is 1.61. The minimum atomic E-state index is -3.30. The molecule has 1 fully saturated rings. The summed E-state index contributed by atoms with van der Waals surface area (Å²) in [4.78, 5) is 13.7. The summed E-state index contributed by atoms with van der Waals surface area (Å²) in [7, 11) is -3.30. The van der Waals surface area contributed by atoms with Gasteiger partial charge in [0.25, 0.3) is 5.91 Å². The van der Waals surface area contributed by atoms with Gasteiger partial charge in [0.05, 0.1) is 11.4 Å². The van der Waals surface area contributed by atoms with E-state index in [1.165, 1.54) is 14.8 Å². The van der Waals surface area contributed by atoms with E-state index in [9.17, 15) is 13.2 Å². The van der Waals surface area contributed by atoms with Gasteiger partial charge in [0.2, 0.25) is 10.0 Å². The maximum atomic E-state index is 12.5. The summed E-state index contributed by atoms with van der Waals surface area (Å²) in [5, 5.41) is 2.92. The van der Waals surface area contributed by atoms with Crippen molar-refractivity contribution >= 4 is 33.4 Å². The van der Waals surface area contributed by atoms with Crippen molar-refractivity contribution in [2.75, 3.05) is 28.9 Å². The minimum Gasteiger partial charge on any atom is -0.351 e. The van der Waals surface area contributed by atoms with Gasteiger partial charge >= 0.3 is 0 Å². The molecule has 1 aliphatic heterocycles. The van der Waals surface area contributed by atoms with Gasteiger partial charge in [-0.15, -0.1) is 11.8 Å². The molecule has 0 bridgehead atoms. The number of nitrogens with one attached hydrogen (secondary N) is 1. The molecule has 0 aliphatic carbocycles. The van der Waals surface area contributed by atoms with Crippen LogP contribution in [0.25, 0.3) is 0 Å². The number of carbonyl (C=O) groups excluding carboxylic acids is 1. The number of hydrogen-bond acceptors (Lipinski definition) is 4. The van der Waals surface area contributed by atoms with Crippen LogP contribution in [0.1, 0.15) is 34.3 Å². The third-order valence-electron chi connectivity index (χ3n) is 4.77. The van der Waals surface area contributed by atoms with Crippen molar-refractivity contribution in [1.82, 2.24) is 5.32 Å². The Morgan fingerprint density at radius 3 is 2.57 bits per heavy atom. The molecule has 7 heteroatoms. The number of carbonyl (C=O) groups is 1. The topological polar surface area (TPSA) is 66.5 Å². The van der Waals surface area contributed by atoms with Gasteiger partial charge in [-0.1, -0.05) is 23.8 Å².